The maximum absolute atomic E-state index is 11.2. The number of nitrogens with zero attached hydrogens (tertiary/aromatic N) is 3. The van der Waals surface area contributed by atoms with Crippen LogP contribution in [0.3, 0.4) is 0 Å². The molecule has 5 saturated carbocycles. The smallest absolute Gasteiger partial charge is 0.405 e. The van der Waals surface area contributed by atoms with E-state index in [1.165, 1.54) is 209 Å². The molecule has 14 N–H and O–H groups in total. The molecule has 0 spiro atoms. The lowest BCUT2D eigenvalue weighted by molar-refractivity contribution is -0.157. The summed E-state index contributed by atoms with van der Waals surface area (Å²) in [5.41, 5.74) is 11.4. The van der Waals surface area contributed by atoms with Crippen LogP contribution in [0.15, 0.2) is 0 Å². The Bertz CT molecular complexity index is 2860. The number of amides is 6. The Morgan fingerprint density at radius 2 is 0.376 bits per heavy atom. The molecule has 8 rings (SSSR count). The normalized spacial score (nSPS) is 14.8. The highest BCUT2D eigenvalue weighted by Gasteiger charge is 2.24. The van der Waals surface area contributed by atoms with E-state index in [2.05, 4.69) is 14.2 Å². The summed E-state index contributed by atoms with van der Waals surface area (Å²) in [5.74, 6) is -2.83. The van der Waals surface area contributed by atoms with Crippen LogP contribution in [0.25, 0.3) is 0 Å². The van der Waals surface area contributed by atoms with Gasteiger partial charge < -0.3 is 92.4 Å². The van der Waals surface area contributed by atoms with E-state index in [1.54, 1.807) is 118 Å². The van der Waals surface area contributed by atoms with Crippen LogP contribution in [0.1, 0.15) is 429 Å². The molecular formula is C99H194N8O26. The number of Topliss-reactive ketones (excluding diaryl/α,β-unsaturated/α-hetero) is 7. The molecule has 0 aromatic heterocycles. The summed E-state index contributed by atoms with van der Waals surface area (Å²) >= 11 is 0. The van der Waals surface area contributed by atoms with Crippen LogP contribution in [0, 0.1) is 29.6 Å². The first-order chi connectivity index (χ1) is 59.4. The van der Waals surface area contributed by atoms with Crippen molar-refractivity contribution in [3.8, 4) is 0 Å². The molecule has 0 radical (unpaired) electrons. The van der Waals surface area contributed by atoms with Crippen molar-refractivity contribution < 1.29 is 125 Å². The Kier molecular flexibility index (Phi) is 96.9. The van der Waals surface area contributed by atoms with E-state index in [9.17, 15) is 81.5 Å². The van der Waals surface area contributed by atoms with Crippen LogP contribution < -0.4 is 29.5 Å². The first-order valence-electron chi connectivity index (χ1n) is 46.6. The maximum atomic E-state index is 11.2. The monoisotopic (exact) mass is 1910 g/mol. The lowest BCUT2D eigenvalue weighted by atomic mass is 10.0. The van der Waals surface area contributed by atoms with Crippen LogP contribution in [0.2, 0.25) is 0 Å². The minimum atomic E-state index is -0.919. The molecule has 6 amide bonds. The zero-order valence-corrected chi connectivity index (χ0v) is 89.8. The number of nitrogens with two attached hydrogens (primary N) is 3. The van der Waals surface area contributed by atoms with Crippen molar-refractivity contribution in [2.24, 2.45) is 46.8 Å². The summed E-state index contributed by atoms with van der Waals surface area (Å²) < 4.78 is 28.9. The number of piperidine rings is 3. The second-order valence-electron chi connectivity index (χ2n) is 39.5. The number of ether oxygens (including phenoxy) is 6. The average Bonchev–Trinajstić information content (AvgIpc) is 1.72. The summed E-state index contributed by atoms with van der Waals surface area (Å²) in [6.45, 7) is 64.5. The third-order valence-corrected chi connectivity index (χ3v) is 15.6. The number of ketones is 7. The van der Waals surface area contributed by atoms with Crippen LogP contribution in [0.4, 0.5) is 14.4 Å². The van der Waals surface area contributed by atoms with Crippen molar-refractivity contribution in [1.82, 2.24) is 27.0 Å². The van der Waals surface area contributed by atoms with Crippen molar-refractivity contribution in [2.75, 3.05) is 39.3 Å². The van der Waals surface area contributed by atoms with Gasteiger partial charge in [-0.1, -0.05) is 131 Å². The summed E-state index contributed by atoms with van der Waals surface area (Å²) in [6.07, 6.45) is 32.2. The number of carbonyl (C=O) groups is 18. The van der Waals surface area contributed by atoms with E-state index in [-0.39, 0.29) is 144 Å². The summed E-state index contributed by atoms with van der Waals surface area (Å²) in [7, 11) is 0. The van der Waals surface area contributed by atoms with E-state index in [0.29, 0.717) is 6.42 Å². The molecule has 5 atom stereocenters. The second kappa shape index (κ2) is 86.1. The van der Waals surface area contributed by atoms with Gasteiger partial charge in [0.25, 0.3) is 5.97 Å². The molecule has 786 valence electrons. The number of carboxylic acid groups (broad SMARTS) is 2. The molecule has 5 aliphatic carbocycles. The predicted molar refractivity (Wildman–Crippen MR) is 527 cm³/mol. The lowest BCUT2D eigenvalue weighted by Crippen LogP contribution is -2.33. The molecular weight excluding hydrogens is 1720 g/mol. The van der Waals surface area contributed by atoms with E-state index in [4.69, 9.17) is 46.4 Å². The first kappa shape index (κ1) is 150. The fourth-order valence-electron chi connectivity index (χ4n) is 7.84. The molecule has 8 fully saturated rings. The summed E-state index contributed by atoms with van der Waals surface area (Å²) in [4.78, 5) is 194. The number of rotatable bonds is 15. The fraction of sp³-hybridized carbons (Fsp3) is 0.818. The summed E-state index contributed by atoms with van der Waals surface area (Å²) in [5, 5.41) is 15.6. The minimum Gasteiger partial charge on any atom is -0.481 e. The molecule has 0 aromatic rings. The van der Waals surface area contributed by atoms with Crippen LogP contribution in [0.5, 0.6) is 0 Å². The van der Waals surface area contributed by atoms with Crippen molar-refractivity contribution in [3.63, 3.8) is 0 Å². The molecule has 3 aliphatic heterocycles. The van der Waals surface area contributed by atoms with Gasteiger partial charge in [0.15, 0.2) is 0 Å². The van der Waals surface area contributed by atoms with E-state index in [1.807, 2.05) is 77.0 Å². The highest BCUT2D eigenvalue weighted by molar-refractivity contribution is 5.86. The zero-order chi connectivity index (χ0) is 105. The van der Waals surface area contributed by atoms with Gasteiger partial charge in [-0.15, -0.1) is 0 Å². The topological polar surface area (TPSA) is 561 Å². The van der Waals surface area contributed by atoms with Gasteiger partial charge in [-0.25, -0.2) is 14.4 Å². The highest BCUT2D eigenvalue weighted by atomic mass is 16.6. The Morgan fingerprint density at radius 3 is 0.444 bits per heavy atom. The molecule has 0 unspecified atom stereocenters. The molecule has 34 nitrogen and oxygen atoms in total. The Labute approximate surface area is 802 Å². The SMILES string of the molecule is C1CC1.C1CC1.C1CC1.C1CC1.C1CC1.CC(=O)C[C@H](C)C(C)=O.CC(=O)N1CCCCC1.CC(=O)N1CCCCC1.CC(=O)N1CCCCC1.CC(=O)O.CC(=O)[C@@H](C)CC(=O)O.CC(=O)[C@@H](C)CC(=O)OC(C)(C)C.CC(=O)[C@@H](C)CC(=O)OC(C)(C)C.CC(=O)[C@@H](C)CC(=O)OC(C)(C)C.CC(C)(C)OC(N)=O.CC(C)(C)OC(N)=O.CC(C)(C)OC(N)=O.CC(C)=O.N.N. The highest BCUT2D eigenvalue weighted by Crippen LogP contribution is 2.20. The standard InChI is InChI=1S/3C10H18O3.3C7H13NO.C7H12O2.C6H10O3.3C5H11NO2.C3H6O.5C3H6.C2H4O2.2H3N/c3*1-7(8(2)11)6-9(12)13-10(3,4)5;3*1-7(9)8-5-3-2-4-6-8;1-5(7(3)9)4-6(2)8;1-4(5(2)7)3-6(8)9;3*1-5(2,3)8-4(6)7;1-3(2)4;5*1-2-3-1;1-2(3)4;;/h3*7H,6H2,1-5H3;3*2-6H2,1H3;5H,4H2,1-3H3;4H,3H2,1-2H3,(H,8,9);3*1-3H3,(H2,6,7);1-2H3;5*1-3H2;1H3,(H,3,4);2*1H3/t3*7-;;;;5-;4-;;;;;;;;;;;;/m000...00............/s1. The third-order valence-electron chi connectivity index (χ3n) is 15.6. The average molecular weight is 1910 g/mol. The van der Waals surface area contributed by atoms with Gasteiger partial charge >= 0.3 is 42.2 Å². The van der Waals surface area contributed by atoms with Gasteiger partial charge in [0.05, 0.1) is 25.7 Å². The number of hydrogen-bond acceptors (Lipinski definition) is 26. The van der Waals surface area contributed by atoms with Crippen molar-refractivity contribution in [1.29, 1.82) is 0 Å². The van der Waals surface area contributed by atoms with E-state index in [0.717, 1.165) is 46.2 Å². The van der Waals surface area contributed by atoms with Crippen LogP contribution >= 0.6 is 0 Å². The zero-order valence-electron chi connectivity index (χ0n) is 89.8. The third kappa shape index (κ3) is 173. The van der Waals surface area contributed by atoms with Gasteiger partial charge in [-0.3, -0.25) is 62.3 Å². The Balaban J connectivity index is -0.000000118. The Hall–Kier alpha value is -8.82. The number of carboxylic acids is 2. The molecule has 0 aromatic carbocycles. The van der Waals surface area contributed by atoms with Gasteiger partial charge in [0.2, 0.25) is 17.7 Å². The lowest BCUT2D eigenvalue weighted by Gasteiger charge is -2.24. The Morgan fingerprint density at radius 1 is 0.248 bits per heavy atom. The number of primary amides is 3. The fourth-order valence-corrected chi connectivity index (χ4v) is 7.84. The largest absolute Gasteiger partial charge is 0.481 e. The molecule has 8 aliphatic rings. The van der Waals surface area contributed by atoms with Crippen molar-refractivity contribution in [2.45, 2.75) is 462 Å². The summed E-state index contributed by atoms with van der Waals surface area (Å²) in [6, 6.07) is 0. The van der Waals surface area contributed by atoms with E-state index >= 15 is 0 Å². The molecule has 34 heteroatoms. The number of hydrogen-bond donors (Lipinski definition) is 7. The van der Waals surface area contributed by atoms with Crippen LogP contribution in [-0.4, -0.2) is 204 Å². The van der Waals surface area contributed by atoms with Gasteiger partial charge in [-0.05, 0) is 238 Å². The van der Waals surface area contributed by atoms with Crippen molar-refractivity contribution >= 4 is 106 Å². The number of likely N-dealkylation sites (tertiary alicyclic amines) is 3. The second-order valence-corrected chi connectivity index (χ2v) is 39.5. The number of aliphatic carboxylic acids is 2. The molecule has 0 bridgehead atoms. The quantitative estimate of drug-likeness (QED) is 0.0591. The minimum absolute atomic E-state index is 0. The number of carbonyl (C=O) groups excluding carboxylic acids is 16. The number of esters is 3. The first-order valence-corrected chi connectivity index (χ1v) is 46.6. The molecule has 3 heterocycles. The maximum Gasteiger partial charge on any atom is 0.405 e. The van der Waals surface area contributed by atoms with Crippen LogP contribution in [-0.2, 0) is 100 Å². The predicted octanol–water partition coefficient (Wildman–Crippen LogP) is 20.3. The molecule has 3 saturated heterocycles. The van der Waals surface area contributed by atoms with E-state index < -0.39 is 63.8 Å². The van der Waals surface area contributed by atoms with Crippen molar-refractivity contribution in [3.05, 3.63) is 0 Å². The molecule has 133 heavy (non-hydrogen) atoms. The van der Waals surface area contributed by atoms with Gasteiger partial charge in [0.1, 0.15) is 74.1 Å². The van der Waals surface area contributed by atoms with Gasteiger partial charge in [-0.2, -0.15) is 0 Å². The van der Waals surface area contributed by atoms with Gasteiger partial charge in [0, 0.05) is 103 Å².